The normalized spacial score (nSPS) is 10.2. The third-order valence-corrected chi connectivity index (χ3v) is 3.26. The van der Waals surface area contributed by atoms with Gasteiger partial charge in [-0.15, -0.1) is 0 Å². The van der Waals surface area contributed by atoms with Gasteiger partial charge in [-0.3, -0.25) is 0 Å². The van der Waals surface area contributed by atoms with Gasteiger partial charge in [-0.05, 0) is 40.4 Å². The molecule has 0 N–H and O–H groups in total. The monoisotopic (exact) mass is 256 g/mol. The van der Waals surface area contributed by atoms with Gasteiger partial charge in [-0.1, -0.05) is 49.1 Å². The third-order valence-electron chi connectivity index (χ3n) is 3.26. The third kappa shape index (κ3) is 2.22. The topological polar surface area (TPSA) is 47.6 Å². The molecule has 2 aromatic carbocycles. The number of rotatable bonds is 3. The second-order valence-corrected chi connectivity index (χ2v) is 4.41. The van der Waals surface area contributed by atoms with Crippen LogP contribution in [-0.2, 0) is 0 Å². The van der Waals surface area contributed by atoms with Crippen LogP contribution in [0, 0.1) is 22.5 Å². The van der Waals surface area contributed by atoms with Crippen LogP contribution >= 0.6 is 0 Å². The van der Waals surface area contributed by atoms with Gasteiger partial charge < -0.3 is 0 Å². The molecular weight excluding hydrogens is 243 g/mol. The fourth-order valence-corrected chi connectivity index (χ4v) is 2.40. The van der Waals surface area contributed by atoms with Gasteiger partial charge in [0.25, 0.3) is 0 Å². The van der Waals surface area contributed by atoms with Crippen molar-refractivity contribution in [1.29, 1.82) is 10.5 Å². The lowest BCUT2D eigenvalue weighted by atomic mass is 9.46. The smallest absolute Gasteiger partial charge is 0.210 e. The standard InChI is InChI=1S/C17H13BN2/c1-3-7-15-13(4-2)10-14-8-5-6-9-16(14)17(15)18(11-19)12-20/h3-10H,2H2,1H3/b7-3-. The average molecular weight is 256 g/mol. The average Bonchev–Trinajstić information content (AvgIpc) is 2.49. The summed E-state index contributed by atoms with van der Waals surface area (Å²) in [6.07, 6.45) is 5.60. The summed E-state index contributed by atoms with van der Waals surface area (Å²) in [5.41, 5.74) is 2.60. The molecule has 2 nitrogen and oxygen atoms in total. The molecule has 0 saturated heterocycles. The first-order valence-corrected chi connectivity index (χ1v) is 6.36. The van der Waals surface area contributed by atoms with Crippen molar-refractivity contribution in [3.63, 3.8) is 0 Å². The molecule has 2 rings (SSSR count). The Morgan fingerprint density at radius 1 is 1.20 bits per heavy atom. The molecule has 0 unspecified atom stereocenters. The van der Waals surface area contributed by atoms with Gasteiger partial charge in [0.05, 0.1) is 0 Å². The van der Waals surface area contributed by atoms with E-state index in [9.17, 15) is 10.5 Å². The zero-order chi connectivity index (χ0) is 14.5. The minimum absolute atomic E-state index is 0.765. The van der Waals surface area contributed by atoms with Crippen molar-refractivity contribution in [2.75, 3.05) is 0 Å². The number of hydrogen-bond acceptors (Lipinski definition) is 2. The fraction of sp³-hybridized carbons (Fsp3) is 0.0588. The van der Waals surface area contributed by atoms with Crippen LogP contribution in [0.15, 0.2) is 43.0 Å². The number of nitrogens with zero attached hydrogens (tertiary/aromatic N) is 2. The number of benzene rings is 2. The summed E-state index contributed by atoms with van der Waals surface area (Å²) < 4.78 is 0. The van der Waals surface area contributed by atoms with E-state index in [-0.39, 0.29) is 0 Å². The van der Waals surface area contributed by atoms with E-state index in [2.05, 4.69) is 18.5 Å². The van der Waals surface area contributed by atoms with E-state index < -0.39 is 6.71 Å². The molecule has 0 amide bonds. The minimum Gasteiger partial charge on any atom is -0.210 e. The maximum absolute atomic E-state index is 9.27. The maximum Gasteiger partial charge on any atom is 0.418 e. The van der Waals surface area contributed by atoms with Crippen molar-refractivity contribution in [2.24, 2.45) is 0 Å². The highest BCUT2D eigenvalue weighted by Gasteiger charge is 2.23. The van der Waals surface area contributed by atoms with Crippen molar-refractivity contribution in [3.05, 3.63) is 54.1 Å². The Morgan fingerprint density at radius 3 is 2.50 bits per heavy atom. The summed E-state index contributed by atoms with van der Waals surface area (Å²) >= 11 is 0. The van der Waals surface area contributed by atoms with E-state index in [1.165, 1.54) is 0 Å². The highest BCUT2D eigenvalue weighted by molar-refractivity contribution is 6.88. The molecule has 0 radical (unpaired) electrons. The molecular formula is C17H13BN2. The molecule has 2 aromatic rings. The maximum atomic E-state index is 9.27. The zero-order valence-electron chi connectivity index (χ0n) is 11.3. The van der Waals surface area contributed by atoms with Gasteiger partial charge in [0, 0.05) is 11.9 Å². The van der Waals surface area contributed by atoms with Crippen LogP contribution in [0.4, 0.5) is 0 Å². The van der Waals surface area contributed by atoms with Crippen molar-refractivity contribution < 1.29 is 0 Å². The molecule has 0 bridgehead atoms. The zero-order valence-corrected chi connectivity index (χ0v) is 11.3. The van der Waals surface area contributed by atoms with E-state index in [4.69, 9.17) is 0 Å². The molecule has 0 aromatic heterocycles. The number of allylic oxidation sites excluding steroid dienone is 1. The predicted molar refractivity (Wildman–Crippen MR) is 85.4 cm³/mol. The fourth-order valence-electron chi connectivity index (χ4n) is 2.40. The summed E-state index contributed by atoms with van der Waals surface area (Å²) in [5, 5.41) is 20.5. The second-order valence-electron chi connectivity index (χ2n) is 4.41. The number of nitriles is 2. The molecule has 0 spiro atoms. The largest absolute Gasteiger partial charge is 0.418 e. The van der Waals surface area contributed by atoms with Crippen LogP contribution in [-0.4, -0.2) is 6.71 Å². The first kappa shape index (κ1) is 13.7. The van der Waals surface area contributed by atoms with Crippen molar-refractivity contribution >= 4 is 35.1 Å². The minimum atomic E-state index is -0.786. The highest BCUT2D eigenvalue weighted by Crippen LogP contribution is 2.21. The number of hydrogen-bond donors (Lipinski definition) is 0. The van der Waals surface area contributed by atoms with Crippen molar-refractivity contribution in [1.82, 2.24) is 0 Å². The van der Waals surface area contributed by atoms with Crippen LogP contribution in [0.1, 0.15) is 18.1 Å². The lowest BCUT2D eigenvalue weighted by Gasteiger charge is -2.13. The van der Waals surface area contributed by atoms with E-state index >= 15 is 0 Å². The molecule has 0 saturated carbocycles. The Labute approximate surface area is 119 Å². The Kier molecular flexibility index (Phi) is 4.03. The summed E-state index contributed by atoms with van der Waals surface area (Å²) in [6, 6.07) is 9.84. The van der Waals surface area contributed by atoms with E-state index in [0.717, 1.165) is 27.4 Å². The van der Waals surface area contributed by atoms with Crippen LogP contribution in [0.3, 0.4) is 0 Å². The van der Waals surface area contributed by atoms with Gasteiger partial charge >= 0.3 is 6.71 Å². The van der Waals surface area contributed by atoms with Gasteiger partial charge in [-0.2, -0.15) is 0 Å². The second kappa shape index (κ2) is 5.91. The molecule has 0 aliphatic carbocycles. The Hall–Kier alpha value is -2.78. The van der Waals surface area contributed by atoms with Crippen LogP contribution in [0.2, 0.25) is 0 Å². The molecule has 0 heterocycles. The van der Waals surface area contributed by atoms with Crippen LogP contribution in [0.5, 0.6) is 0 Å². The van der Waals surface area contributed by atoms with E-state index in [1.54, 1.807) is 6.08 Å². The van der Waals surface area contributed by atoms with E-state index in [0.29, 0.717) is 0 Å². The first-order valence-electron chi connectivity index (χ1n) is 6.36. The van der Waals surface area contributed by atoms with E-state index in [1.807, 2.05) is 49.4 Å². The molecule has 3 heteroatoms. The molecule has 94 valence electrons. The van der Waals surface area contributed by atoms with Gasteiger partial charge in [0.2, 0.25) is 0 Å². The van der Waals surface area contributed by atoms with Gasteiger partial charge in [-0.25, -0.2) is 10.5 Å². The molecule has 0 aliphatic rings. The summed E-state index contributed by atoms with van der Waals surface area (Å²) in [7, 11) is 0. The Balaban J connectivity index is 2.98. The quantitative estimate of drug-likeness (QED) is 0.790. The molecule has 20 heavy (non-hydrogen) atoms. The lowest BCUT2D eigenvalue weighted by molar-refractivity contribution is 1.54. The summed E-state index contributed by atoms with van der Waals surface area (Å²) in [6.45, 7) is 4.96. The Morgan fingerprint density at radius 2 is 1.90 bits per heavy atom. The first-order chi connectivity index (χ1) is 9.76. The van der Waals surface area contributed by atoms with Crippen molar-refractivity contribution in [3.8, 4) is 11.9 Å². The summed E-state index contributed by atoms with van der Waals surface area (Å²) in [5.74, 6) is 4.16. The van der Waals surface area contributed by atoms with Crippen molar-refractivity contribution in [2.45, 2.75) is 6.92 Å². The van der Waals surface area contributed by atoms with Crippen LogP contribution < -0.4 is 5.46 Å². The molecule has 0 aliphatic heterocycles. The predicted octanol–water partition coefficient (Wildman–Crippen LogP) is 3.34. The molecule has 0 atom stereocenters. The van der Waals surface area contributed by atoms with Gasteiger partial charge in [0.1, 0.15) is 0 Å². The lowest BCUT2D eigenvalue weighted by Crippen LogP contribution is -2.31. The van der Waals surface area contributed by atoms with Crippen LogP contribution in [0.25, 0.3) is 22.9 Å². The summed E-state index contributed by atoms with van der Waals surface area (Å²) in [4.78, 5) is 0. The highest BCUT2D eigenvalue weighted by atomic mass is 14.2. The molecule has 0 fully saturated rings. The van der Waals surface area contributed by atoms with Gasteiger partial charge in [0.15, 0.2) is 0 Å². The SMILES string of the molecule is C=Cc1cc2ccccc2c(B(C#N)C#N)c1/C=C\C. The number of fused-ring (bicyclic) bond motifs is 1. The Bertz CT molecular complexity index is 762.